The number of para-hydroxylation sites is 1. The fourth-order valence-electron chi connectivity index (χ4n) is 2.53. The Morgan fingerprint density at radius 1 is 0.963 bits per heavy atom. The van der Waals surface area contributed by atoms with Gasteiger partial charge in [0, 0.05) is 16.5 Å². The van der Waals surface area contributed by atoms with Crippen LogP contribution in [0.2, 0.25) is 0 Å². The van der Waals surface area contributed by atoms with Gasteiger partial charge in [0.25, 0.3) is 0 Å². The third-order valence-electron chi connectivity index (χ3n) is 3.95. The molecule has 0 saturated carbocycles. The fraction of sp³-hybridized carbons (Fsp3) is 0.136. The number of halogens is 1. The predicted molar refractivity (Wildman–Crippen MR) is 114 cm³/mol. The van der Waals surface area contributed by atoms with E-state index in [1.807, 2.05) is 60.7 Å². The van der Waals surface area contributed by atoms with Gasteiger partial charge < -0.3 is 9.47 Å². The van der Waals surface area contributed by atoms with E-state index in [0.717, 1.165) is 22.1 Å². The summed E-state index contributed by atoms with van der Waals surface area (Å²) in [6.45, 7) is 0.579. The molecule has 0 amide bonds. The van der Waals surface area contributed by atoms with E-state index in [9.17, 15) is 0 Å². The molecule has 0 atom stereocenters. The first-order valence-corrected chi connectivity index (χ1v) is 9.44. The quantitative estimate of drug-likeness (QED) is 0.382. The van der Waals surface area contributed by atoms with E-state index in [1.165, 1.54) is 5.56 Å². The molecule has 0 aliphatic heterocycles. The number of methoxy groups -OCH3 is 1. The van der Waals surface area contributed by atoms with Crippen LogP contribution in [0, 0.1) is 0 Å². The van der Waals surface area contributed by atoms with Gasteiger partial charge in [-0.15, -0.1) is 0 Å². The lowest BCUT2D eigenvalue weighted by molar-refractivity contribution is 0.297. The highest BCUT2D eigenvalue weighted by Gasteiger charge is 2.09. The van der Waals surface area contributed by atoms with Crippen molar-refractivity contribution in [1.29, 1.82) is 0 Å². The van der Waals surface area contributed by atoms with Crippen LogP contribution in [-0.2, 0) is 6.42 Å². The van der Waals surface area contributed by atoms with E-state index in [2.05, 4.69) is 38.6 Å². The van der Waals surface area contributed by atoms with Crippen LogP contribution < -0.4 is 14.9 Å². The topological polar surface area (TPSA) is 42.8 Å². The van der Waals surface area contributed by atoms with Crippen molar-refractivity contribution in [2.75, 3.05) is 19.1 Å². The van der Waals surface area contributed by atoms with Crippen molar-refractivity contribution in [3.8, 4) is 11.5 Å². The molecule has 3 aromatic carbocycles. The average Bonchev–Trinajstić information content (AvgIpc) is 2.71. The van der Waals surface area contributed by atoms with E-state index >= 15 is 0 Å². The molecule has 0 unspecified atom stereocenters. The molecule has 138 valence electrons. The number of anilines is 1. The first kappa shape index (κ1) is 19.0. The molecule has 0 heterocycles. The second kappa shape index (κ2) is 9.78. The maximum Gasteiger partial charge on any atom is 0.162 e. The number of nitrogens with one attached hydrogen (secondary N) is 1. The summed E-state index contributed by atoms with van der Waals surface area (Å²) < 4.78 is 12.3. The van der Waals surface area contributed by atoms with Gasteiger partial charge in [0.15, 0.2) is 11.5 Å². The number of ether oxygens (including phenoxy) is 2. The summed E-state index contributed by atoms with van der Waals surface area (Å²) in [4.78, 5) is 0. The number of hydrogen-bond acceptors (Lipinski definition) is 4. The van der Waals surface area contributed by atoms with Crippen molar-refractivity contribution in [3.63, 3.8) is 0 Å². The smallest absolute Gasteiger partial charge is 0.162 e. The Hall–Kier alpha value is -2.79. The van der Waals surface area contributed by atoms with Crippen molar-refractivity contribution in [3.05, 3.63) is 88.4 Å². The number of rotatable bonds is 8. The Balaban J connectivity index is 1.65. The Labute approximate surface area is 168 Å². The molecule has 4 nitrogen and oxygen atoms in total. The average molecular weight is 425 g/mol. The highest BCUT2D eigenvalue weighted by Crippen LogP contribution is 2.33. The van der Waals surface area contributed by atoms with Crippen molar-refractivity contribution >= 4 is 27.8 Å². The molecule has 0 fully saturated rings. The van der Waals surface area contributed by atoms with Crippen LogP contribution in [0.4, 0.5) is 5.69 Å². The molecular formula is C22H21BrN2O2. The SMILES string of the molecule is COc1cc(C=NNc2ccccc2)c(Br)cc1OCCc1ccccc1. The van der Waals surface area contributed by atoms with Crippen LogP contribution in [0.5, 0.6) is 11.5 Å². The minimum absolute atomic E-state index is 0.579. The molecular weight excluding hydrogens is 404 g/mol. The standard InChI is InChI=1S/C22H21BrN2O2/c1-26-21-14-18(16-24-25-19-10-6-3-7-11-19)20(23)15-22(21)27-13-12-17-8-4-2-5-9-17/h2-11,14-16,25H,12-13H2,1H3. The van der Waals surface area contributed by atoms with Gasteiger partial charge in [-0.2, -0.15) is 5.10 Å². The molecule has 5 heteroatoms. The van der Waals surface area contributed by atoms with Crippen molar-refractivity contribution in [2.45, 2.75) is 6.42 Å². The van der Waals surface area contributed by atoms with Crippen LogP contribution in [0.3, 0.4) is 0 Å². The predicted octanol–water partition coefficient (Wildman–Crippen LogP) is 5.53. The molecule has 0 radical (unpaired) electrons. The zero-order chi connectivity index (χ0) is 18.9. The fourth-order valence-corrected chi connectivity index (χ4v) is 2.96. The second-order valence-electron chi connectivity index (χ2n) is 5.84. The molecule has 3 rings (SSSR count). The Morgan fingerprint density at radius 2 is 1.67 bits per heavy atom. The lowest BCUT2D eigenvalue weighted by Crippen LogP contribution is -2.03. The van der Waals surface area contributed by atoms with E-state index in [-0.39, 0.29) is 0 Å². The molecule has 1 N–H and O–H groups in total. The zero-order valence-electron chi connectivity index (χ0n) is 15.1. The van der Waals surface area contributed by atoms with E-state index in [0.29, 0.717) is 18.1 Å². The maximum absolute atomic E-state index is 5.93. The monoisotopic (exact) mass is 424 g/mol. The van der Waals surface area contributed by atoms with Crippen molar-refractivity contribution in [2.24, 2.45) is 5.10 Å². The van der Waals surface area contributed by atoms with Crippen LogP contribution in [-0.4, -0.2) is 19.9 Å². The van der Waals surface area contributed by atoms with Crippen LogP contribution >= 0.6 is 15.9 Å². The normalized spacial score (nSPS) is 10.7. The Kier molecular flexibility index (Phi) is 6.88. The molecule has 0 bridgehead atoms. The highest BCUT2D eigenvalue weighted by molar-refractivity contribution is 9.10. The number of hydrogen-bond donors (Lipinski definition) is 1. The summed E-state index contributed by atoms with van der Waals surface area (Å²) >= 11 is 3.58. The maximum atomic E-state index is 5.93. The minimum Gasteiger partial charge on any atom is -0.493 e. The molecule has 0 aromatic heterocycles. The first-order valence-electron chi connectivity index (χ1n) is 8.64. The van der Waals surface area contributed by atoms with E-state index in [4.69, 9.17) is 9.47 Å². The first-order chi connectivity index (χ1) is 13.3. The van der Waals surface area contributed by atoms with Gasteiger partial charge in [0.1, 0.15) is 0 Å². The third kappa shape index (κ3) is 5.59. The van der Waals surface area contributed by atoms with Gasteiger partial charge >= 0.3 is 0 Å². The summed E-state index contributed by atoms with van der Waals surface area (Å²) in [6.07, 6.45) is 2.58. The third-order valence-corrected chi connectivity index (χ3v) is 4.63. The van der Waals surface area contributed by atoms with E-state index < -0.39 is 0 Å². The summed E-state index contributed by atoms with van der Waals surface area (Å²) in [7, 11) is 1.64. The summed E-state index contributed by atoms with van der Waals surface area (Å²) in [5, 5.41) is 4.28. The second-order valence-corrected chi connectivity index (χ2v) is 6.70. The molecule has 27 heavy (non-hydrogen) atoms. The lowest BCUT2D eigenvalue weighted by Gasteiger charge is -2.12. The van der Waals surface area contributed by atoms with Gasteiger partial charge in [0.2, 0.25) is 0 Å². The van der Waals surface area contributed by atoms with Crippen molar-refractivity contribution in [1.82, 2.24) is 0 Å². The van der Waals surface area contributed by atoms with Crippen molar-refractivity contribution < 1.29 is 9.47 Å². The summed E-state index contributed by atoms with van der Waals surface area (Å²) in [5.74, 6) is 1.38. The molecule has 0 aliphatic rings. The zero-order valence-corrected chi connectivity index (χ0v) is 16.6. The summed E-state index contributed by atoms with van der Waals surface area (Å²) in [5.41, 5.74) is 6.07. The lowest BCUT2D eigenvalue weighted by atomic mass is 10.2. The number of benzene rings is 3. The highest BCUT2D eigenvalue weighted by atomic mass is 79.9. The van der Waals surface area contributed by atoms with Gasteiger partial charge in [0.05, 0.1) is 25.6 Å². The Morgan fingerprint density at radius 3 is 2.37 bits per heavy atom. The van der Waals surface area contributed by atoms with Gasteiger partial charge in [-0.05, 0) is 45.8 Å². The molecule has 0 spiro atoms. The molecule has 0 saturated heterocycles. The minimum atomic E-state index is 0.579. The number of hydrazone groups is 1. The van der Waals surface area contributed by atoms with Crippen LogP contribution in [0.1, 0.15) is 11.1 Å². The largest absolute Gasteiger partial charge is 0.493 e. The van der Waals surface area contributed by atoms with Crippen LogP contribution in [0.25, 0.3) is 0 Å². The molecule has 0 aliphatic carbocycles. The van der Waals surface area contributed by atoms with Gasteiger partial charge in [-0.1, -0.05) is 48.5 Å². The van der Waals surface area contributed by atoms with Gasteiger partial charge in [-0.3, -0.25) is 5.43 Å². The molecule has 3 aromatic rings. The van der Waals surface area contributed by atoms with Gasteiger partial charge in [-0.25, -0.2) is 0 Å². The van der Waals surface area contributed by atoms with Crippen LogP contribution in [0.15, 0.2) is 82.4 Å². The van der Waals surface area contributed by atoms with E-state index in [1.54, 1.807) is 13.3 Å². The Bertz CT molecular complexity index is 884. The number of nitrogens with zero attached hydrogens (tertiary/aromatic N) is 1. The summed E-state index contributed by atoms with van der Waals surface area (Å²) in [6, 6.07) is 23.9.